The molecule has 2 heteroatoms. The molecule has 0 saturated heterocycles. The van der Waals surface area contributed by atoms with Gasteiger partial charge in [0, 0.05) is 11.4 Å². The first-order chi connectivity index (χ1) is 11.3. The molecule has 0 heterocycles. The largest absolute Gasteiger partial charge is 0.377 e. The van der Waals surface area contributed by atoms with E-state index in [4.69, 9.17) is 4.74 Å². The van der Waals surface area contributed by atoms with Gasteiger partial charge in [0.05, 0.1) is 5.60 Å². The quantitative estimate of drug-likeness (QED) is 0.646. The summed E-state index contributed by atoms with van der Waals surface area (Å²) in [6, 6.07) is 0. The van der Waals surface area contributed by atoms with Crippen LogP contribution in [0.5, 0.6) is 0 Å². The van der Waals surface area contributed by atoms with Crippen LogP contribution in [0.15, 0.2) is 0 Å². The van der Waals surface area contributed by atoms with Crippen molar-refractivity contribution in [3.05, 3.63) is 0 Å². The van der Waals surface area contributed by atoms with Crippen molar-refractivity contribution in [3.8, 4) is 0 Å². The Labute approximate surface area is 144 Å². The summed E-state index contributed by atoms with van der Waals surface area (Å²) in [7, 11) is 2.15. The van der Waals surface area contributed by atoms with Crippen LogP contribution in [-0.2, 0) is 4.74 Å². The van der Waals surface area contributed by atoms with E-state index in [-0.39, 0.29) is 0 Å². The van der Waals surface area contributed by atoms with Crippen molar-refractivity contribution in [2.45, 2.75) is 9.93 Å². The molecular formula is C21H21BrO. The molecule has 118 valence electrons. The van der Waals surface area contributed by atoms with E-state index in [9.17, 15) is 0 Å². The van der Waals surface area contributed by atoms with Crippen molar-refractivity contribution < 1.29 is 4.74 Å². The molecule has 12 saturated carbocycles. The topological polar surface area (TPSA) is 9.23 Å². The van der Waals surface area contributed by atoms with Crippen LogP contribution in [0, 0.1) is 107 Å². The number of hydrogen-bond donors (Lipinski definition) is 0. The third-order valence-corrected chi connectivity index (χ3v) is 15.3. The van der Waals surface area contributed by atoms with E-state index in [1.165, 1.54) is 0 Å². The Morgan fingerprint density at radius 1 is 0.522 bits per heavy atom. The van der Waals surface area contributed by atoms with Crippen LogP contribution < -0.4 is 0 Å². The Bertz CT molecular complexity index is 672. The predicted octanol–water partition coefficient (Wildman–Crippen LogP) is 2.75. The zero-order valence-electron chi connectivity index (χ0n) is 13.2. The summed E-state index contributed by atoms with van der Waals surface area (Å²) in [5.41, 5.74) is 0.414. The van der Waals surface area contributed by atoms with Crippen LogP contribution >= 0.6 is 15.9 Å². The normalized spacial score (nSPS) is 102. The Hall–Kier alpha value is 0.440. The molecular weight excluding hydrogens is 348 g/mol. The average Bonchev–Trinajstić information content (AvgIpc) is 3.23. The maximum absolute atomic E-state index is 6.73. The van der Waals surface area contributed by atoms with E-state index >= 15 is 0 Å². The van der Waals surface area contributed by atoms with E-state index in [0.717, 1.165) is 107 Å². The Kier molecular flexibility index (Phi) is 1.04. The standard InChI is InChI=1S/C21H21BrO/c1-23-21-17-8-2-3-9(17)11-6-7-13(19(11)21)12-5-4(10(8)18(12)21)14(2)20(22,15(3)6)16(5)7/h2-19H,1H3/t2-,3-,4-,5+,6+,7-,8+,9-,10+,11+,12+,13-,14?,15?,16?,17?,18?,19?,20?,21?/m0/s1. The molecule has 8 unspecified atom stereocenters. The van der Waals surface area contributed by atoms with Crippen LogP contribution in [0.2, 0.25) is 0 Å². The monoisotopic (exact) mass is 368 g/mol. The van der Waals surface area contributed by atoms with Gasteiger partial charge in [-0.05, 0) is 107 Å². The predicted molar refractivity (Wildman–Crippen MR) is 84.2 cm³/mol. The zero-order valence-corrected chi connectivity index (χ0v) is 14.8. The smallest absolute Gasteiger partial charge is 0.0779 e. The van der Waals surface area contributed by atoms with Crippen molar-refractivity contribution in [2.75, 3.05) is 7.11 Å². The first kappa shape index (κ1) is 10.6. The highest BCUT2D eigenvalue weighted by Crippen LogP contribution is 3.04. The average molecular weight is 369 g/mol. The number of halogens is 1. The molecule has 12 aliphatic carbocycles. The molecule has 23 heavy (non-hydrogen) atoms. The molecule has 20 atom stereocenters. The van der Waals surface area contributed by atoms with Crippen molar-refractivity contribution in [1.29, 1.82) is 0 Å². The van der Waals surface area contributed by atoms with Gasteiger partial charge < -0.3 is 4.74 Å². The van der Waals surface area contributed by atoms with E-state index in [0.29, 0.717) is 9.93 Å². The van der Waals surface area contributed by atoms with Gasteiger partial charge in [0.1, 0.15) is 0 Å². The fourth-order valence-corrected chi connectivity index (χ4v) is 17.5. The number of methoxy groups -OCH3 is 1. The van der Waals surface area contributed by atoms with Gasteiger partial charge in [-0.25, -0.2) is 0 Å². The number of rotatable bonds is 1. The third-order valence-electron chi connectivity index (χ3n) is 13.8. The first-order valence-electron chi connectivity index (χ1n) is 10.5. The van der Waals surface area contributed by atoms with E-state index in [1.807, 2.05) is 0 Å². The SMILES string of the molecule is COC12C3[C@@H]4[C@H]5C6[C@H]7[C@@H]8C9[C@@H]%10[C@@H]%11C([C@H]5[C@@H]3[C@H]%11C1[C@H]%10[C@H]8C2[C@H]74)C69Br. The maximum atomic E-state index is 6.73. The van der Waals surface area contributed by atoms with Gasteiger partial charge in [-0.3, -0.25) is 0 Å². The van der Waals surface area contributed by atoms with Gasteiger partial charge in [-0.15, -0.1) is 0 Å². The molecule has 0 radical (unpaired) electrons. The molecule has 12 fully saturated rings. The maximum Gasteiger partial charge on any atom is 0.0779 e. The highest BCUT2D eigenvalue weighted by Gasteiger charge is 3.04. The van der Waals surface area contributed by atoms with Crippen LogP contribution in [0.3, 0.4) is 0 Å². The summed E-state index contributed by atoms with van der Waals surface area (Å²) < 4.78 is 7.39. The Balaban J connectivity index is 1.45. The van der Waals surface area contributed by atoms with E-state index in [1.54, 1.807) is 0 Å². The summed E-state index contributed by atoms with van der Waals surface area (Å²) in [5.74, 6) is 20.2. The molecule has 0 bridgehead atoms. The zero-order chi connectivity index (χ0) is 14.1. The minimum Gasteiger partial charge on any atom is -0.377 e. The fraction of sp³-hybridized carbons (Fsp3) is 1.00. The van der Waals surface area contributed by atoms with E-state index < -0.39 is 0 Å². The third kappa shape index (κ3) is 0.511. The van der Waals surface area contributed by atoms with Crippen LogP contribution in [-0.4, -0.2) is 17.0 Å². The van der Waals surface area contributed by atoms with Gasteiger partial charge in [0.25, 0.3) is 0 Å². The molecule has 0 N–H and O–H groups in total. The Morgan fingerprint density at radius 2 is 0.783 bits per heavy atom. The van der Waals surface area contributed by atoms with Crippen molar-refractivity contribution >= 4 is 15.9 Å². The van der Waals surface area contributed by atoms with Gasteiger partial charge in [-0.1, -0.05) is 15.9 Å². The molecule has 0 aromatic carbocycles. The summed E-state index contributed by atoms with van der Waals surface area (Å²) in [6.07, 6.45) is 0. The lowest BCUT2D eigenvalue weighted by Gasteiger charge is -2.41. The lowest BCUT2D eigenvalue weighted by atomic mass is 9.74. The number of ether oxygens (including phenoxy) is 1. The second-order valence-electron chi connectivity index (χ2n) is 12.0. The summed E-state index contributed by atoms with van der Waals surface area (Å²) in [6.45, 7) is 0. The van der Waals surface area contributed by atoms with Crippen LogP contribution in [0.4, 0.5) is 0 Å². The van der Waals surface area contributed by atoms with E-state index in [2.05, 4.69) is 23.0 Å². The molecule has 0 aromatic rings. The van der Waals surface area contributed by atoms with Gasteiger partial charge >= 0.3 is 0 Å². The lowest BCUT2D eigenvalue weighted by molar-refractivity contribution is -0.0889. The summed E-state index contributed by atoms with van der Waals surface area (Å²) in [4.78, 5) is 0. The second-order valence-corrected chi connectivity index (χ2v) is 13.3. The molecule has 1 nitrogen and oxygen atoms in total. The van der Waals surface area contributed by atoms with Gasteiger partial charge in [-0.2, -0.15) is 0 Å². The van der Waals surface area contributed by atoms with Gasteiger partial charge in [0.15, 0.2) is 0 Å². The minimum atomic E-state index is 0.414. The minimum absolute atomic E-state index is 0.414. The Morgan fingerprint density at radius 3 is 1.04 bits per heavy atom. The number of hydrogen-bond acceptors (Lipinski definition) is 1. The van der Waals surface area contributed by atoms with Gasteiger partial charge in [0.2, 0.25) is 0 Å². The van der Waals surface area contributed by atoms with Crippen molar-refractivity contribution in [2.24, 2.45) is 107 Å². The summed E-state index contributed by atoms with van der Waals surface area (Å²) in [5, 5.41) is 0. The highest BCUT2D eigenvalue weighted by atomic mass is 79.9. The molecule has 0 spiro atoms. The highest BCUT2D eigenvalue weighted by molar-refractivity contribution is 9.10. The molecule has 12 aliphatic rings. The van der Waals surface area contributed by atoms with Crippen LogP contribution in [0.1, 0.15) is 0 Å². The van der Waals surface area contributed by atoms with Crippen molar-refractivity contribution in [1.82, 2.24) is 0 Å². The second kappa shape index (κ2) is 2.27. The molecule has 0 aromatic heterocycles. The van der Waals surface area contributed by atoms with Crippen molar-refractivity contribution in [3.63, 3.8) is 0 Å². The molecule has 0 aliphatic heterocycles. The lowest BCUT2D eigenvalue weighted by Crippen LogP contribution is -2.46. The number of alkyl halides is 1. The first-order valence-corrected chi connectivity index (χ1v) is 11.3. The summed E-state index contributed by atoms with van der Waals surface area (Å²) >= 11 is 4.61. The van der Waals surface area contributed by atoms with Crippen LogP contribution in [0.25, 0.3) is 0 Å². The molecule has 12 rings (SSSR count). The fourth-order valence-electron chi connectivity index (χ4n) is 15.7. The molecule has 0 amide bonds.